The first-order valence-corrected chi connectivity index (χ1v) is 2.33. The lowest BCUT2D eigenvalue weighted by Crippen LogP contribution is -3.17. The Bertz CT molecular complexity index is 47.5. The normalized spacial score (nSPS) is 45.0. The summed E-state index contributed by atoms with van der Waals surface area (Å²) in [5.74, 6) is 0. The third kappa shape index (κ3) is 0.420. The number of quaternary nitrogens is 1. The quantitative estimate of drug-likeness (QED) is 0.383. The Hall–Kier alpha value is -0.0800. The summed E-state index contributed by atoms with van der Waals surface area (Å²) in [6, 6.07) is 0.394. The molecule has 36 valence electrons. The number of hydroxylamine groups is 2. The Morgan fingerprint density at radius 1 is 1.83 bits per heavy atom. The minimum Gasteiger partial charge on any atom is -0.634 e. The second-order valence-electron chi connectivity index (χ2n) is 1.91. The van der Waals surface area contributed by atoms with Crippen molar-refractivity contribution in [2.75, 3.05) is 6.54 Å². The molecular weight excluding hydrogens is 78.0 g/mol. The van der Waals surface area contributed by atoms with Crippen LogP contribution in [-0.2, 0) is 0 Å². The van der Waals surface area contributed by atoms with Crippen molar-refractivity contribution in [1.82, 2.24) is 0 Å². The van der Waals surface area contributed by atoms with Crippen molar-refractivity contribution < 1.29 is 5.06 Å². The predicted molar refractivity (Wildman–Crippen MR) is 23.3 cm³/mol. The molecule has 0 saturated carbocycles. The number of nitrogens with one attached hydrogen (secondary N) is 1. The molecule has 0 aromatic heterocycles. The lowest BCUT2D eigenvalue weighted by Gasteiger charge is -2.37. The van der Waals surface area contributed by atoms with E-state index in [0.717, 1.165) is 13.0 Å². The highest BCUT2D eigenvalue weighted by atomic mass is 16.5. The molecule has 0 spiro atoms. The molecule has 1 heterocycles. The molecule has 2 nitrogen and oxygen atoms in total. The van der Waals surface area contributed by atoms with E-state index in [1.807, 2.05) is 6.92 Å². The second-order valence-corrected chi connectivity index (χ2v) is 1.91. The topological polar surface area (TPSA) is 27.5 Å². The molecule has 1 aliphatic heterocycles. The van der Waals surface area contributed by atoms with Gasteiger partial charge in [0.05, 0.1) is 12.6 Å². The number of hydrogen-bond donors (Lipinski definition) is 1. The standard InChI is InChI=1S/C4H9NO/c1-4-2-3-5(4)6/h4-5H,2-3H2,1H3. The molecule has 2 atom stereocenters. The van der Waals surface area contributed by atoms with Gasteiger partial charge in [-0.05, 0) is 6.92 Å². The van der Waals surface area contributed by atoms with Gasteiger partial charge in [0.2, 0.25) is 0 Å². The van der Waals surface area contributed by atoms with Gasteiger partial charge in [0.1, 0.15) is 0 Å². The predicted octanol–water partition coefficient (Wildman–Crippen LogP) is -0.839. The van der Waals surface area contributed by atoms with E-state index in [0.29, 0.717) is 11.1 Å². The first kappa shape index (κ1) is 4.09. The van der Waals surface area contributed by atoms with Gasteiger partial charge in [-0.2, -0.15) is 0 Å². The first-order chi connectivity index (χ1) is 2.80. The van der Waals surface area contributed by atoms with Crippen molar-refractivity contribution in [2.45, 2.75) is 19.4 Å². The van der Waals surface area contributed by atoms with Crippen LogP contribution < -0.4 is 5.06 Å². The molecule has 0 bridgehead atoms. The van der Waals surface area contributed by atoms with Gasteiger partial charge in [0.25, 0.3) is 0 Å². The highest BCUT2D eigenvalue weighted by Gasteiger charge is 2.19. The van der Waals surface area contributed by atoms with Crippen molar-refractivity contribution in [3.63, 3.8) is 0 Å². The van der Waals surface area contributed by atoms with Gasteiger partial charge in [-0.15, -0.1) is 0 Å². The fourth-order valence-corrected chi connectivity index (χ4v) is 0.551. The summed E-state index contributed by atoms with van der Waals surface area (Å²) >= 11 is 0. The van der Waals surface area contributed by atoms with E-state index in [4.69, 9.17) is 0 Å². The van der Waals surface area contributed by atoms with E-state index < -0.39 is 0 Å². The lowest BCUT2D eigenvalue weighted by molar-refractivity contribution is -0.917. The highest BCUT2D eigenvalue weighted by Crippen LogP contribution is 1.89. The van der Waals surface area contributed by atoms with Gasteiger partial charge in [0.15, 0.2) is 0 Å². The maximum atomic E-state index is 10.2. The maximum absolute atomic E-state index is 10.2. The van der Waals surface area contributed by atoms with Gasteiger partial charge in [0, 0.05) is 6.42 Å². The molecule has 0 aromatic rings. The summed E-state index contributed by atoms with van der Waals surface area (Å²) < 4.78 is 0. The first-order valence-electron chi connectivity index (χ1n) is 2.33. The minimum atomic E-state index is 0.394. The number of rotatable bonds is 0. The van der Waals surface area contributed by atoms with Gasteiger partial charge in [-0.25, -0.2) is 0 Å². The smallest absolute Gasteiger partial charge is 0.0897 e. The van der Waals surface area contributed by atoms with Crippen LogP contribution in [0.1, 0.15) is 13.3 Å². The summed E-state index contributed by atoms with van der Waals surface area (Å²) in [6.45, 7) is 2.81. The van der Waals surface area contributed by atoms with Gasteiger partial charge in [-0.1, -0.05) is 0 Å². The van der Waals surface area contributed by atoms with E-state index in [1.54, 1.807) is 0 Å². The molecule has 1 saturated heterocycles. The summed E-state index contributed by atoms with van der Waals surface area (Å²) in [4.78, 5) is 0. The van der Waals surface area contributed by atoms with Crippen molar-refractivity contribution in [1.29, 1.82) is 0 Å². The third-order valence-corrected chi connectivity index (χ3v) is 1.37. The molecule has 0 radical (unpaired) electrons. The molecule has 1 fully saturated rings. The monoisotopic (exact) mass is 87.1 g/mol. The van der Waals surface area contributed by atoms with Crippen LogP contribution in [0.4, 0.5) is 0 Å². The summed E-state index contributed by atoms with van der Waals surface area (Å²) in [5, 5.41) is 10.7. The Balaban J connectivity index is 2.20. The largest absolute Gasteiger partial charge is 0.634 e. The molecule has 6 heavy (non-hydrogen) atoms. The van der Waals surface area contributed by atoms with E-state index in [1.165, 1.54) is 0 Å². The van der Waals surface area contributed by atoms with Gasteiger partial charge in [-0.3, -0.25) is 0 Å². The maximum Gasteiger partial charge on any atom is 0.0897 e. The molecule has 0 aliphatic carbocycles. The van der Waals surface area contributed by atoms with Crippen molar-refractivity contribution in [3.8, 4) is 0 Å². The van der Waals surface area contributed by atoms with Crippen LogP contribution in [0.3, 0.4) is 0 Å². The Labute approximate surface area is 37.3 Å². The molecule has 1 N–H and O–H groups in total. The van der Waals surface area contributed by atoms with Crippen LogP contribution in [0.15, 0.2) is 0 Å². The van der Waals surface area contributed by atoms with Crippen molar-refractivity contribution in [2.24, 2.45) is 0 Å². The lowest BCUT2D eigenvalue weighted by atomic mass is 10.1. The zero-order valence-electron chi connectivity index (χ0n) is 3.90. The van der Waals surface area contributed by atoms with Crippen LogP contribution in [0, 0.1) is 5.21 Å². The fourth-order valence-electron chi connectivity index (χ4n) is 0.551. The molecule has 2 heteroatoms. The Kier molecular flexibility index (Phi) is 0.821. The Morgan fingerprint density at radius 2 is 2.33 bits per heavy atom. The van der Waals surface area contributed by atoms with Crippen LogP contribution in [0.2, 0.25) is 0 Å². The zero-order valence-corrected chi connectivity index (χ0v) is 3.90. The van der Waals surface area contributed by atoms with Crippen molar-refractivity contribution in [3.05, 3.63) is 5.21 Å². The summed E-state index contributed by atoms with van der Waals surface area (Å²) in [7, 11) is 0. The van der Waals surface area contributed by atoms with Crippen LogP contribution in [0.25, 0.3) is 0 Å². The zero-order chi connectivity index (χ0) is 4.57. The van der Waals surface area contributed by atoms with E-state index >= 15 is 0 Å². The average molecular weight is 87.1 g/mol. The number of hydrogen-bond acceptors (Lipinski definition) is 1. The molecule has 0 aromatic carbocycles. The summed E-state index contributed by atoms with van der Waals surface area (Å²) in [6.07, 6.45) is 1.12. The summed E-state index contributed by atoms with van der Waals surface area (Å²) in [5.41, 5.74) is 0. The molecule has 0 amide bonds. The fraction of sp³-hybridized carbons (Fsp3) is 1.00. The molecule has 2 unspecified atom stereocenters. The SMILES string of the molecule is CC1CC[NH+]1[O-]. The van der Waals surface area contributed by atoms with Crippen LogP contribution >= 0.6 is 0 Å². The van der Waals surface area contributed by atoms with Crippen LogP contribution in [-0.4, -0.2) is 12.6 Å². The van der Waals surface area contributed by atoms with E-state index in [2.05, 4.69) is 0 Å². The third-order valence-electron chi connectivity index (χ3n) is 1.37. The van der Waals surface area contributed by atoms with Crippen molar-refractivity contribution >= 4 is 0 Å². The molecular formula is C4H9NO. The highest BCUT2D eigenvalue weighted by molar-refractivity contribution is 4.55. The van der Waals surface area contributed by atoms with Gasteiger partial charge >= 0.3 is 0 Å². The molecule has 1 rings (SSSR count). The van der Waals surface area contributed by atoms with Gasteiger partial charge < -0.3 is 10.3 Å². The Morgan fingerprint density at radius 3 is 2.33 bits per heavy atom. The molecule has 1 aliphatic rings. The van der Waals surface area contributed by atoms with Crippen LogP contribution in [0.5, 0.6) is 0 Å². The van der Waals surface area contributed by atoms with E-state index in [-0.39, 0.29) is 0 Å². The average Bonchev–Trinajstić information content (AvgIpc) is 1.61. The second kappa shape index (κ2) is 1.21. The van der Waals surface area contributed by atoms with E-state index in [9.17, 15) is 5.21 Å². The minimum absolute atomic E-state index is 0.394.